The van der Waals surface area contributed by atoms with Crippen LogP contribution in [0.2, 0.25) is 0 Å². The van der Waals surface area contributed by atoms with Crippen molar-refractivity contribution in [3.8, 4) is 5.75 Å². The Balaban J connectivity index is 2.07. The van der Waals surface area contributed by atoms with Gasteiger partial charge in [0.1, 0.15) is 17.3 Å². The molecule has 2 rings (SSSR count). The van der Waals surface area contributed by atoms with Gasteiger partial charge in [-0.2, -0.15) is 0 Å². The maximum Gasteiger partial charge on any atom is 0.127 e. The fraction of sp³-hybridized carbons (Fsp3) is 0.312. The summed E-state index contributed by atoms with van der Waals surface area (Å²) in [6.45, 7) is 2.17. The molecular formula is C16H19NO3S. The standard InChI is InChI=1S/C16H19NO3S/c1-18-8-9-19-10-11-20-15-7-6-14(16(17)21)12-4-2-3-5-13(12)15/h2-7H,8-11H2,1H3,(H2,17,21). The minimum absolute atomic E-state index is 0.389. The van der Waals surface area contributed by atoms with Crippen LogP contribution in [0.15, 0.2) is 36.4 Å². The zero-order chi connectivity index (χ0) is 15.1. The lowest BCUT2D eigenvalue weighted by Crippen LogP contribution is -2.12. The summed E-state index contributed by atoms with van der Waals surface area (Å²) in [4.78, 5) is 0.389. The lowest BCUT2D eigenvalue weighted by atomic mass is 10.0. The molecule has 0 radical (unpaired) electrons. The maximum atomic E-state index is 5.78. The van der Waals surface area contributed by atoms with E-state index in [1.807, 2.05) is 36.4 Å². The van der Waals surface area contributed by atoms with Gasteiger partial charge in [-0.3, -0.25) is 0 Å². The monoisotopic (exact) mass is 305 g/mol. The molecule has 0 spiro atoms. The number of rotatable bonds is 8. The zero-order valence-electron chi connectivity index (χ0n) is 12.0. The van der Waals surface area contributed by atoms with Crippen LogP contribution in [0, 0.1) is 0 Å². The summed E-state index contributed by atoms with van der Waals surface area (Å²) in [5, 5.41) is 2.00. The van der Waals surface area contributed by atoms with Crippen LogP contribution in [0.25, 0.3) is 10.8 Å². The molecule has 112 valence electrons. The van der Waals surface area contributed by atoms with E-state index in [2.05, 4.69) is 0 Å². The fourth-order valence-electron chi connectivity index (χ4n) is 2.07. The van der Waals surface area contributed by atoms with E-state index in [4.69, 9.17) is 32.2 Å². The summed E-state index contributed by atoms with van der Waals surface area (Å²) >= 11 is 5.08. The van der Waals surface area contributed by atoms with E-state index in [-0.39, 0.29) is 0 Å². The molecule has 2 aromatic carbocycles. The number of methoxy groups -OCH3 is 1. The largest absolute Gasteiger partial charge is 0.491 e. The molecule has 0 unspecified atom stereocenters. The van der Waals surface area contributed by atoms with E-state index < -0.39 is 0 Å². The summed E-state index contributed by atoms with van der Waals surface area (Å²) in [5.41, 5.74) is 6.62. The van der Waals surface area contributed by atoms with Gasteiger partial charge in [0.2, 0.25) is 0 Å². The highest BCUT2D eigenvalue weighted by Gasteiger charge is 2.08. The smallest absolute Gasteiger partial charge is 0.127 e. The SMILES string of the molecule is COCCOCCOc1ccc(C(N)=S)c2ccccc12. The molecule has 0 saturated heterocycles. The Morgan fingerprint density at radius 2 is 1.71 bits per heavy atom. The van der Waals surface area contributed by atoms with Gasteiger partial charge in [-0.25, -0.2) is 0 Å². The number of nitrogens with two attached hydrogens (primary N) is 1. The Labute approximate surface area is 129 Å². The molecule has 0 heterocycles. The van der Waals surface area contributed by atoms with E-state index in [9.17, 15) is 0 Å². The van der Waals surface area contributed by atoms with Gasteiger partial charge in [0.15, 0.2) is 0 Å². The van der Waals surface area contributed by atoms with Crippen LogP contribution < -0.4 is 10.5 Å². The minimum atomic E-state index is 0.389. The molecule has 21 heavy (non-hydrogen) atoms. The molecule has 4 nitrogen and oxygen atoms in total. The Kier molecular flexibility index (Phi) is 5.92. The van der Waals surface area contributed by atoms with Crippen LogP contribution in [-0.2, 0) is 9.47 Å². The highest BCUT2D eigenvalue weighted by atomic mass is 32.1. The van der Waals surface area contributed by atoms with Crippen LogP contribution >= 0.6 is 12.2 Å². The van der Waals surface area contributed by atoms with E-state index in [0.29, 0.717) is 31.4 Å². The molecule has 0 saturated carbocycles. The van der Waals surface area contributed by atoms with E-state index in [1.165, 1.54) is 0 Å². The second kappa shape index (κ2) is 7.93. The molecule has 2 N–H and O–H groups in total. The van der Waals surface area contributed by atoms with Crippen molar-refractivity contribution in [1.82, 2.24) is 0 Å². The first-order valence-electron chi connectivity index (χ1n) is 6.75. The van der Waals surface area contributed by atoms with Gasteiger partial charge < -0.3 is 19.9 Å². The predicted octanol–water partition coefficient (Wildman–Crippen LogP) is 2.52. The molecule has 2 aromatic rings. The van der Waals surface area contributed by atoms with Crippen LogP contribution in [-0.4, -0.2) is 38.5 Å². The average molecular weight is 305 g/mol. The molecule has 0 aliphatic rings. The Hall–Kier alpha value is -1.69. The third-order valence-electron chi connectivity index (χ3n) is 3.07. The van der Waals surface area contributed by atoms with Crippen LogP contribution in [0.1, 0.15) is 5.56 Å². The van der Waals surface area contributed by atoms with E-state index in [1.54, 1.807) is 7.11 Å². The van der Waals surface area contributed by atoms with Gasteiger partial charge in [-0.1, -0.05) is 36.5 Å². The molecule has 0 atom stereocenters. The molecule has 0 amide bonds. The second-order valence-electron chi connectivity index (χ2n) is 4.47. The Morgan fingerprint density at radius 1 is 1.00 bits per heavy atom. The summed E-state index contributed by atoms with van der Waals surface area (Å²) in [6.07, 6.45) is 0. The molecule has 0 aliphatic heterocycles. The first-order chi connectivity index (χ1) is 10.2. The number of hydrogen-bond donors (Lipinski definition) is 1. The Morgan fingerprint density at radius 3 is 2.43 bits per heavy atom. The molecule has 0 aromatic heterocycles. The van der Waals surface area contributed by atoms with Crippen LogP contribution in [0.4, 0.5) is 0 Å². The lowest BCUT2D eigenvalue weighted by Gasteiger charge is -2.12. The van der Waals surface area contributed by atoms with Crippen molar-refractivity contribution in [2.45, 2.75) is 0 Å². The summed E-state index contributed by atoms with van der Waals surface area (Å²) < 4.78 is 16.1. The third-order valence-corrected chi connectivity index (χ3v) is 3.29. The highest BCUT2D eigenvalue weighted by molar-refractivity contribution is 7.80. The Bertz CT molecular complexity index is 615. The topological polar surface area (TPSA) is 53.7 Å². The number of fused-ring (bicyclic) bond motifs is 1. The molecular weight excluding hydrogens is 286 g/mol. The summed E-state index contributed by atoms with van der Waals surface area (Å²) in [6, 6.07) is 11.7. The number of benzene rings is 2. The summed E-state index contributed by atoms with van der Waals surface area (Å²) in [7, 11) is 1.65. The predicted molar refractivity (Wildman–Crippen MR) is 88.0 cm³/mol. The van der Waals surface area contributed by atoms with Crippen molar-refractivity contribution in [3.05, 3.63) is 42.0 Å². The van der Waals surface area contributed by atoms with Crippen LogP contribution in [0.5, 0.6) is 5.75 Å². The van der Waals surface area contributed by atoms with Crippen molar-refractivity contribution >= 4 is 28.0 Å². The van der Waals surface area contributed by atoms with Gasteiger partial charge >= 0.3 is 0 Å². The van der Waals surface area contributed by atoms with Crippen molar-refractivity contribution in [3.63, 3.8) is 0 Å². The first kappa shape index (κ1) is 15.7. The fourth-order valence-corrected chi connectivity index (χ4v) is 2.25. The number of thiocarbonyl (C=S) groups is 1. The average Bonchev–Trinajstić information content (AvgIpc) is 2.50. The maximum absolute atomic E-state index is 5.78. The molecule has 5 heteroatoms. The minimum Gasteiger partial charge on any atom is -0.491 e. The number of hydrogen-bond acceptors (Lipinski definition) is 4. The molecule has 0 aliphatic carbocycles. The molecule has 0 fully saturated rings. The van der Waals surface area contributed by atoms with Gasteiger partial charge in [0.05, 0.1) is 19.8 Å². The first-order valence-corrected chi connectivity index (χ1v) is 7.16. The summed E-state index contributed by atoms with van der Waals surface area (Å²) in [5.74, 6) is 0.806. The van der Waals surface area contributed by atoms with E-state index >= 15 is 0 Å². The lowest BCUT2D eigenvalue weighted by molar-refractivity contribution is 0.0547. The number of ether oxygens (including phenoxy) is 3. The third kappa shape index (κ3) is 4.14. The zero-order valence-corrected chi connectivity index (χ0v) is 12.8. The van der Waals surface area contributed by atoms with Gasteiger partial charge in [0, 0.05) is 18.1 Å². The van der Waals surface area contributed by atoms with Crippen molar-refractivity contribution < 1.29 is 14.2 Å². The van der Waals surface area contributed by atoms with E-state index in [0.717, 1.165) is 22.1 Å². The van der Waals surface area contributed by atoms with Crippen molar-refractivity contribution in [1.29, 1.82) is 0 Å². The molecule has 0 bridgehead atoms. The van der Waals surface area contributed by atoms with Crippen molar-refractivity contribution in [2.24, 2.45) is 5.73 Å². The second-order valence-corrected chi connectivity index (χ2v) is 4.91. The van der Waals surface area contributed by atoms with Gasteiger partial charge in [-0.15, -0.1) is 0 Å². The van der Waals surface area contributed by atoms with Crippen molar-refractivity contribution in [2.75, 3.05) is 33.5 Å². The highest BCUT2D eigenvalue weighted by Crippen LogP contribution is 2.28. The van der Waals surface area contributed by atoms with Gasteiger partial charge in [0.25, 0.3) is 0 Å². The van der Waals surface area contributed by atoms with Gasteiger partial charge in [-0.05, 0) is 17.5 Å². The van der Waals surface area contributed by atoms with Crippen LogP contribution in [0.3, 0.4) is 0 Å². The normalized spacial score (nSPS) is 10.7. The quantitative estimate of drug-likeness (QED) is 0.600.